The quantitative estimate of drug-likeness (QED) is 0.773. The molecule has 0 fully saturated rings. The number of rotatable bonds is 3. The number of benzene rings is 1. The lowest BCUT2D eigenvalue weighted by Gasteiger charge is -2.09. The molecule has 0 aliphatic carbocycles. The maximum absolute atomic E-state index is 5.45. The van der Waals surface area contributed by atoms with Crippen molar-refractivity contribution in [3.05, 3.63) is 22.7 Å². The molecule has 1 rings (SSSR count). The van der Waals surface area contributed by atoms with Crippen molar-refractivity contribution >= 4 is 15.9 Å². The van der Waals surface area contributed by atoms with E-state index in [1.165, 1.54) is 0 Å². The van der Waals surface area contributed by atoms with E-state index in [0.717, 1.165) is 4.47 Å². The number of methoxy groups -OCH3 is 1. The highest BCUT2D eigenvalue weighted by Crippen LogP contribution is 2.34. The van der Waals surface area contributed by atoms with Gasteiger partial charge in [0.1, 0.15) is 6.61 Å². The average Bonchev–Trinajstić information content (AvgIpc) is 2.20. The summed E-state index contributed by atoms with van der Waals surface area (Å²) in [7, 11) is 1.61. The molecule has 3 heteroatoms. The Kier molecular flexibility index (Phi) is 4.34. The van der Waals surface area contributed by atoms with E-state index in [-0.39, 0.29) is 0 Å². The number of halogens is 1. The molecule has 74 valence electrons. The van der Waals surface area contributed by atoms with Crippen LogP contribution in [0.4, 0.5) is 0 Å². The molecule has 2 nitrogen and oxygen atoms in total. The second-order valence-corrected chi connectivity index (χ2v) is 3.34. The van der Waals surface area contributed by atoms with Gasteiger partial charge in [-0.25, -0.2) is 0 Å². The Hall–Kier alpha value is -1.14. The van der Waals surface area contributed by atoms with E-state index in [0.29, 0.717) is 18.1 Å². The van der Waals surface area contributed by atoms with Crippen molar-refractivity contribution in [2.24, 2.45) is 0 Å². The van der Waals surface area contributed by atoms with Crippen LogP contribution in [0.25, 0.3) is 0 Å². The van der Waals surface area contributed by atoms with Gasteiger partial charge >= 0.3 is 0 Å². The predicted octanol–water partition coefficient (Wildman–Crippen LogP) is 2.86. The lowest BCUT2D eigenvalue weighted by molar-refractivity contribution is 0.329. The van der Waals surface area contributed by atoms with Gasteiger partial charge in [0.15, 0.2) is 11.5 Å². The van der Waals surface area contributed by atoms with Gasteiger partial charge in [-0.05, 0) is 35.0 Å². The summed E-state index contributed by atoms with van der Waals surface area (Å²) in [5, 5.41) is 0. The minimum atomic E-state index is 0.371. The second kappa shape index (κ2) is 5.56. The zero-order valence-electron chi connectivity index (χ0n) is 8.13. The summed E-state index contributed by atoms with van der Waals surface area (Å²) in [6.07, 6.45) is 0. The predicted molar refractivity (Wildman–Crippen MR) is 59.6 cm³/mol. The summed E-state index contributed by atoms with van der Waals surface area (Å²) in [4.78, 5) is 0. The van der Waals surface area contributed by atoms with Crippen LogP contribution in [-0.2, 0) is 0 Å². The highest BCUT2D eigenvalue weighted by Gasteiger charge is 2.06. The van der Waals surface area contributed by atoms with E-state index in [1.807, 2.05) is 18.2 Å². The Morgan fingerprint density at radius 1 is 1.43 bits per heavy atom. The Labute approximate surface area is 92.3 Å². The molecule has 0 bridgehead atoms. The van der Waals surface area contributed by atoms with Crippen molar-refractivity contribution in [1.82, 2.24) is 0 Å². The summed E-state index contributed by atoms with van der Waals surface area (Å²) >= 11 is 3.39. The molecule has 0 atom stereocenters. The van der Waals surface area contributed by atoms with Crippen LogP contribution < -0.4 is 9.47 Å². The van der Waals surface area contributed by atoms with Crippen molar-refractivity contribution < 1.29 is 9.47 Å². The van der Waals surface area contributed by atoms with Crippen molar-refractivity contribution in [3.8, 4) is 23.3 Å². The molecular weight excluding hydrogens is 244 g/mol. The Morgan fingerprint density at radius 2 is 2.21 bits per heavy atom. The largest absolute Gasteiger partial charge is 0.493 e. The summed E-state index contributed by atoms with van der Waals surface area (Å²) in [6, 6.07) is 5.64. The van der Waals surface area contributed by atoms with Gasteiger partial charge in [-0.3, -0.25) is 0 Å². The van der Waals surface area contributed by atoms with Gasteiger partial charge in [-0.2, -0.15) is 0 Å². The fourth-order valence-corrected chi connectivity index (χ4v) is 1.43. The van der Waals surface area contributed by atoms with Crippen LogP contribution in [0.1, 0.15) is 6.92 Å². The summed E-state index contributed by atoms with van der Waals surface area (Å²) in [5.41, 5.74) is 0. The third-order valence-corrected chi connectivity index (χ3v) is 2.24. The van der Waals surface area contributed by atoms with Gasteiger partial charge in [0, 0.05) is 0 Å². The molecule has 1 aromatic carbocycles. The van der Waals surface area contributed by atoms with E-state index in [9.17, 15) is 0 Å². The fraction of sp³-hybridized carbons (Fsp3) is 0.273. The van der Waals surface area contributed by atoms with Crippen molar-refractivity contribution in [2.75, 3.05) is 13.7 Å². The third kappa shape index (κ3) is 2.68. The van der Waals surface area contributed by atoms with Crippen molar-refractivity contribution in [2.45, 2.75) is 6.92 Å². The number of ether oxygens (including phenoxy) is 2. The first-order chi connectivity index (χ1) is 6.79. The van der Waals surface area contributed by atoms with Crippen LogP contribution in [0.5, 0.6) is 11.5 Å². The third-order valence-electron chi connectivity index (χ3n) is 1.62. The Bertz CT molecular complexity index is 363. The molecule has 0 aliphatic rings. The molecular formula is C11H11BrO2. The molecule has 0 saturated heterocycles. The van der Waals surface area contributed by atoms with Crippen LogP contribution in [0, 0.1) is 11.8 Å². The monoisotopic (exact) mass is 254 g/mol. The Balaban J connectivity index is 2.85. The lowest BCUT2D eigenvalue weighted by Crippen LogP contribution is -1.97. The highest BCUT2D eigenvalue weighted by molar-refractivity contribution is 9.10. The van der Waals surface area contributed by atoms with Crippen LogP contribution in [0.15, 0.2) is 22.7 Å². The molecule has 14 heavy (non-hydrogen) atoms. The molecule has 0 spiro atoms. The van der Waals surface area contributed by atoms with Crippen molar-refractivity contribution in [3.63, 3.8) is 0 Å². The van der Waals surface area contributed by atoms with E-state index in [4.69, 9.17) is 9.47 Å². The first-order valence-electron chi connectivity index (χ1n) is 4.14. The van der Waals surface area contributed by atoms with Crippen LogP contribution >= 0.6 is 15.9 Å². The van der Waals surface area contributed by atoms with Crippen LogP contribution in [0.3, 0.4) is 0 Å². The van der Waals surface area contributed by atoms with Gasteiger partial charge in [0.25, 0.3) is 0 Å². The summed E-state index contributed by atoms with van der Waals surface area (Å²) < 4.78 is 11.5. The SMILES string of the molecule is CC#CCOc1c(Br)cccc1OC. The second-order valence-electron chi connectivity index (χ2n) is 2.49. The van der Waals surface area contributed by atoms with E-state index in [1.54, 1.807) is 14.0 Å². The zero-order chi connectivity index (χ0) is 10.4. The normalized spacial score (nSPS) is 8.79. The molecule has 0 unspecified atom stereocenters. The minimum absolute atomic E-state index is 0.371. The Morgan fingerprint density at radius 3 is 2.86 bits per heavy atom. The molecule has 0 N–H and O–H groups in total. The number of para-hydroxylation sites is 1. The summed E-state index contributed by atoms with van der Waals surface area (Å²) in [5.74, 6) is 6.99. The van der Waals surface area contributed by atoms with E-state index >= 15 is 0 Å². The molecule has 1 aromatic rings. The maximum Gasteiger partial charge on any atom is 0.176 e. The maximum atomic E-state index is 5.45. The molecule has 0 amide bonds. The molecule has 0 heterocycles. The first kappa shape index (κ1) is 10.9. The summed E-state index contributed by atoms with van der Waals surface area (Å²) in [6.45, 7) is 2.15. The van der Waals surface area contributed by atoms with Crippen LogP contribution in [0.2, 0.25) is 0 Å². The number of hydrogen-bond acceptors (Lipinski definition) is 2. The van der Waals surface area contributed by atoms with Gasteiger partial charge in [-0.1, -0.05) is 12.0 Å². The van der Waals surface area contributed by atoms with Gasteiger partial charge in [0.2, 0.25) is 0 Å². The van der Waals surface area contributed by atoms with E-state index < -0.39 is 0 Å². The molecule has 0 saturated carbocycles. The van der Waals surface area contributed by atoms with Gasteiger partial charge < -0.3 is 9.47 Å². The molecule has 0 aliphatic heterocycles. The smallest absolute Gasteiger partial charge is 0.176 e. The minimum Gasteiger partial charge on any atom is -0.493 e. The molecule has 0 radical (unpaired) electrons. The fourth-order valence-electron chi connectivity index (χ4n) is 0.970. The average molecular weight is 255 g/mol. The molecule has 0 aromatic heterocycles. The lowest BCUT2D eigenvalue weighted by atomic mass is 10.3. The standard InChI is InChI=1S/C11H11BrO2/c1-3-4-8-14-11-9(12)6-5-7-10(11)13-2/h5-7H,8H2,1-2H3. The highest BCUT2D eigenvalue weighted by atomic mass is 79.9. The van der Waals surface area contributed by atoms with Gasteiger partial charge in [-0.15, -0.1) is 5.92 Å². The topological polar surface area (TPSA) is 18.5 Å². The zero-order valence-corrected chi connectivity index (χ0v) is 9.72. The van der Waals surface area contributed by atoms with Crippen LogP contribution in [-0.4, -0.2) is 13.7 Å². The van der Waals surface area contributed by atoms with Gasteiger partial charge in [0.05, 0.1) is 11.6 Å². The number of hydrogen-bond donors (Lipinski definition) is 0. The van der Waals surface area contributed by atoms with Crippen molar-refractivity contribution in [1.29, 1.82) is 0 Å². The first-order valence-corrected chi connectivity index (χ1v) is 4.93. The van der Waals surface area contributed by atoms with E-state index in [2.05, 4.69) is 27.8 Å².